The smallest absolute Gasteiger partial charge is 0.436 e. The zero-order chi connectivity index (χ0) is 27.5. The first-order chi connectivity index (χ1) is 18.3. The number of rotatable bonds is 10. The van der Waals surface area contributed by atoms with Crippen LogP contribution in [-0.4, -0.2) is 98.6 Å². The van der Waals surface area contributed by atoms with Crippen molar-refractivity contribution < 1.29 is 28.8 Å². The Bertz CT molecular complexity index is 1010. The van der Waals surface area contributed by atoms with Crippen molar-refractivity contribution in [1.82, 2.24) is 20.4 Å². The minimum absolute atomic E-state index is 0.0391. The lowest BCUT2D eigenvalue weighted by Crippen LogP contribution is -2.47. The third-order valence-corrected chi connectivity index (χ3v) is 6.34. The van der Waals surface area contributed by atoms with E-state index in [1.807, 2.05) is 14.0 Å². The van der Waals surface area contributed by atoms with Crippen LogP contribution < -0.4 is 21.3 Å². The van der Waals surface area contributed by atoms with Crippen LogP contribution in [0.4, 0.5) is 15.3 Å². The number of ether oxygens (including phenoxy) is 1. The number of oxime groups is 1. The van der Waals surface area contributed by atoms with Crippen LogP contribution in [-0.2, 0) is 19.2 Å². The third-order valence-electron chi connectivity index (χ3n) is 6.34. The van der Waals surface area contributed by atoms with Crippen LogP contribution >= 0.6 is 0 Å². The molecule has 13 nitrogen and oxygen atoms in total. The van der Waals surface area contributed by atoms with E-state index < -0.39 is 18.2 Å². The van der Waals surface area contributed by atoms with Crippen LogP contribution in [0.2, 0.25) is 0 Å². The molecule has 3 rings (SSSR count). The molecular formula is C25H37N7O6. The zero-order valence-electron chi connectivity index (χ0n) is 22.0. The van der Waals surface area contributed by atoms with Crippen molar-refractivity contribution >= 4 is 35.5 Å². The quantitative estimate of drug-likeness (QED) is 0.1000. The van der Waals surface area contributed by atoms with Crippen LogP contribution in [0.15, 0.2) is 29.4 Å². The monoisotopic (exact) mass is 531 g/mol. The van der Waals surface area contributed by atoms with Gasteiger partial charge in [-0.25, -0.2) is 9.59 Å². The van der Waals surface area contributed by atoms with Crippen LogP contribution in [0.25, 0.3) is 0 Å². The number of hydrogen-bond donors (Lipinski definition) is 3. The van der Waals surface area contributed by atoms with Gasteiger partial charge in [0, 0.05) is 50.5 Å². The lowest BCUT2D eigenvalue weighted by molar-refractivity contribution is -0.143. The molecule has 1 unspecified atom stereocenters. The molecule has 0 spiro atoms. The van der Waals surface area contributed by atoms with Crippen molar-refractivity contribution in [3.05, 3.63) is 29.8 Å². The highest BCUT2D eigenvalue weighted by atomic mass is 16.7. The normalized spacial score (nSPS) is 18.3. The molecule has 208 valence electrons. The Morgan fingerprint density at radius 1 is 1.11 bits per heavy atom. The van der Waals surface area contributed by atoms with Gasteiger partial charge in [0.15, 0.2) is 5.84 Å². The van der Waals surface area contributed by atoms with Gasteiger partial charge in [-0.3, -0.25) is 14.4 Å². The molecule has 1 aromatic rings. The van der Waals surface area contributed by atoms with Gasteiger partial charge in [-0.05, 0) is 44.2 Å². The van der Waals surface area contributed by atoms with Crippen LogP contribution in [0.5, 0.6) is 0 Å². The number of benzene rings is 1. The fourth-order valence-corrected chi connectivity index (χ4v) is 3.96. The van der Waals surface area contributed by atoms with E-state index in [9.17, 15) is 19.2 Å². The second-order valence-electron chi connectivity index (χ2n) is 9.23. The van der Waals surface area contributed by atoms with Gasteiger partial charge in [-0.1, -0.05) is 18.5 Å². The Morgan fingerprint density at radius 3 is 2.50 bits per heavy atom. The summed E-state index contributed by atoms with van der Waals surface area (Å²) in [5, 5.41) is 8.99. The summed E-state index contributed by atoms with van der Waals surface area (Å²) >= 11 is 0. The molecular weight excluding hydrogens is 494 g/mol. The topological polar surface area (TPSA) is 159 Å². The summed E-state index contributed by atoms with van der Waals surface area (Å²) in [7, 11) is 1.99. The van der Waals surface area contributed by atoms with Crippen molar-refractivity contribution in [2.24, 2.45) is 10.9 Å². The van der Waals surface area contributed by atoms with Gasteiger partial charge in [0.2, 0.25) is 5.91 Å². The zero-order valence-corrected chi connectivity index (χ0v) is 22.0. The first-order valence-electron chi connectivity index (χ1n) is 12.9. The van der Waals surface area contributed by atoms with Gasteiger partial charge >= 0.3 is 18.1 Å². The molecule has 38 heavy (non-hydrogen) atoms. The van der Waals surface area contributed by atoms with Gasteiger partial charge in [-0.2, -0.15) is 0 Å². The summed E-state index contributed by atoms with van der Waals surface area (Å²) in [5.74, 6) is -0.573. The second-order valence-corrected chi connectivity index (χ2v) is 9.23. The molecule has 1 atom stereocenters. The van der Waals surface area contributed by atoms with Crippen molar-refractivity contribution in [3.8, 4) is 0 Å². The number of hydrogen-bond acceptors (Lipinski definition) is 8. The minimum atomic E-state index is -0.674. The van der Waals surface area contributed by atoms with E-state index in [1.165, 1.54) is 0 Å². The molecule has 2 aliphatic rings. The number of carbonyl (C=O) groups excluding carboxylic acids is 4. The first kappa shape index (κ1) is 28.7. The highest BCUT2D eigenvalue weighted by molar-refractivity contribution is 6.02. The van der Waals surface area contributed by atoms with Crippen molar-refractivity contribution in [3.63, 3.8) is 0 Å². The number of urea groups is 1. The molecule has 0 aromatic heterocycles. The number of nitrogens with one attached hydrogen (secondary N) is 2. The lowest BCUT2D eigenvalue weighted by atomic mass is 10.2. The average molecular weight is 532 g/mol. The molecule has 4 N–H and O–H groups in total. The number of likely N-dealkylation sites (N-methyl/N-ethyl adjacent to an activating group) is 1. The molecule has 0 saturated carbocycles. The summed E-state index contributed by atoms with van der Waals surface area (Å²) in [6.07, 6.45) is 1.70. The number of unbranched alkanes of at least 4 members (excludes halogenated alkanes) is 1. The highest BCUT2D eigenvalue weighted by Crippen LogP contribution is 2.22. The molecule has 0 bridgehead atoms. The molecule has 2 saturated heterocycles. The maximum Gasteiger partial charge on any atom is 0.436 e. The number of amidine groups is 1. The summed E-state index contributed by atoms with van der Waals surface area (Å²) in [6, 6.07) is 5.59. The second kappa shape index (κ2) is 14.2. The van der Waals surface area contributed by atoms with E-state index in [1.54, 1.807) is 34.1 Å². The fraction of sp³-hybridized carbons (Fsp3) is 0.560. The number of anilines is 1. The number of amides is 4. The molecule has 0 aliphatic carbocycles. The van der Waals surface area contributed by atoms with Crippen molar-refractivity contribution in [2.45, 2.75) is 38.6 Å². The summed E-state index contributed by atoms with van der Waals surface area (Å²) in [5.41, 5.74) is 7.15. The predicted octanol–water partition coefficient (Wildman–Crippen LogP) is 0.829. The van der Waals surface area contributed by atoms with E-state index in [2.05, 4.69) is 20.7 Å². The molecule has 1 aromatic carbocycles. The Hall–Kier alpha value is -3.87. The predicted molar refractivity (Wildman–Crippen MR) is 140 cm³/mol. The first-order valence-corrected chi connectivity index (χ1v) is 12.9. The molecule has 13 heteroatoms. The van der Waals surface area contributed by atoms with Crippen LogP contribution in [0.3, 0.4) is 0 Å². The molecule has 2 fully saturated rings. The minimum Gasteiger partial charge on any atom is -0.466 e. The fourth-order valence-electron chi connectivity index (χ4n) is 3.96. The molecule has 4 amide bonds. The number of esters is 1. The Labute approximate surface area is 222 Å². The standard InChI is InChI=1S/C25H37N7O6/c1-3-4-17-37-21(33)9-11-27-24(35)28-20-10-12-32(23(20)34)19-7-5-18(6-8-19)22(26)29-38-25(36)31-15-13-30(2)14-16-31/h5-8,20H,3-4,9-17H2,1-2H3,(H2,26,29)(H2,27,28,35). The number of carbonyl (C=O) groups is 4. The van der Waals surface area contributed by atoms with Gasteiger partial charge in [0.25, 0.3) is 0 Å². The van der Waals surface area contributed by atoms with E-state index in [0.29, 0.717) is 43.9 Å². The van der Waals surface area contributed by atoms with Crippen LogP contribution in [0, 0.1) is 0 Å². The largest absolute Gasteiger partial charge is 0.466 e. The van der Waals surface area contributed by atoms with E-state index in [0.717, 1.165) is 25.9 Å². The Balaban J connectivity index is 1.43. The van der Waals surface area contributed by atoms with E-state index >= 15 is 0 Å². The van der Waals surface area contributed by atoms with Crippen LogP contribution in [0.1, 0.15) is 38.2 Å². The average Bonchev–Trinajstić information content (AvgIpc) is 3.27. The van der Waals surface area contributed by atoms with Crippen molar-refractivity contribution in [2.75, 3.05) is 57.8 Å². The van der Waals surface area contributed by atoms with E-state index in [4.69, 9.17) is 15.3 Å². The summed E-state index contributed by atoms with van der Waals surface area (Å²) in [6.45, 7) is 5.59. The Kier molecular flexibility index (Phi) is 10.7. The maximum absolute atomic E-state index is 12.8. The third kappa shape index (κ3) is 8.33. The number of piperazine rings is 1. The number of nitrogens with zero attached hydrogens (tertiary/aromatic N) is 4. The summed E-state index contributed by atoms with van der Waals surface area (Å²) in [4.78, 5) is 59.0. The van der Waals surface area contributed by atoms with Gasteiger partial charge < -0.3 is 35.8 Å². The van der Waals surface area contributed by atoms with Gasteiger partial charge in [0.05, 0.1) is 13.0 Å². The van der Waals surface area contributed by atoms with E-state index in [-0.39, 0.29) is 30.7 Å². The lowest BCUT2D eigenvalue weighted by Gasteiger charge is -2.30. The summed E-state index contributed by atoms with van der Waals surface area (Å²) < 4.78 is 5.04. The molecule has 2 heterocycles. The van der Waals surface area contributed by atoms with Gasteiger partial charge in [0.1, 0.15) is 6.04 Å². The van der Waals surface area contributed by atoms with Gasteiger partial charge in [-0.15, -0.1) is 0 Å². The molecule has 0 radical (unpaired) electrons. The maximum atomic E-state index is 12.8. The molecule has 2 aliphatic heterocycles. The Morgan fingerprint density at radius 2 is 1.82 bits per heavy atom. The van der Waals surface area contributed by atoms with Crippen molar-refractivity contribution in [1.29, 1.82) is 0 Å². The SMILES string of the molecule is CCCCOC(=O)CCNC(=O)NC1CCN(c2ccc(C(N)=NOC(=O)N3CCN(C)CC3)cc2)C1=O. The number of nitrogens with two attached hydrogens (primary N) is 1. The highest BCUT2D eigenvalue weighted by Gasteiger charge is 2.33.